The van der Waals surface area contributed by atoms with Crippen molar-refractivity contribution < 1.29 is 14.3 Å². The molecular weight excluding hydrogens is 346 g/mol. The predicted octanol–water partition coefficient (Wildman–Crippen LogP) is 1.10. The topological polar surface area (TPSA) is 101 Å². The van der Waals surface area contributed by atoms with Crippen LogP contribution in [0.4, 0.5) is 0 Å². The van der Waals surface area contributed by atoms with E-state index < -0.39 is 0 Å². The molecule has 0 aliphatic carbocycles. The first-order valence-corrected chi connectivity index (χ1v) is 8.86. The Morgan fingerprint density at radius 2 is 2.19 bits per heavy atom. The number of H-pyrrole nitrogens is 1. The minimum absolute atomic E-state index is 0.0371. The number of aromatic amines is 1. The first kappa shape index (κ1) is 17.3. The minimum atomic E-state index is -0.214. The van der Waals surface area contributed by atoms with Crippen molar-refractivity contribution in [1.82, 2.24) is 25.4 Å². The van der Waals surface area contributed by atoms with Gasteiger partial charge < -0.3 is 20.4 Å². The van der Waals surface area contributed by atoms with Crippen molar-refractivity contribution in [2.75, 3.05) is 20.3 Å². The summed E-state index contributed by atoms with van der Waals surface area (Å²) in [5, 5.41) is 11.2. The number of carbonyl (C=O) groups excluding carboxylic acids is 2. The Balaban J connectivity index is 1.36. The molecule has 3 N–H and O–H groups in total. The number of hydrogen-bond acceptors (Lipinski definition) is 4. The van der Waals surface area contributed by atoms with Gasteiger partial charge in [-0.3, -0.25) is 14.3 Å². The molecule has 1 atom stereocenters. The summed E-state index contributed by atoms with van der Waals surface area (Å²) in [5.74, 6) is -0.325. The lowest BCUT2D eigenvalue weighted by Gasteiger charge is -2.12. The summed E-state index contributed by atoms with van der Waals surface area (Å²) in [7, 11) is 1.59. The highest BCUT2D eigenvalue weighted by Gasteiger charge is 2.26. The fourth-order valence-corrected chi connectivity index (χ4v) is 3.33. The third kappa shape index (κ3) is 3.56. The van der Waals surface area contributed by atoms with E-state index in [0.29, 0.717) is 37.4 Å². The van der Waals surface area contributed by atoms with Gasteiger partial charge >= 0.3 is 0 Å². The van der Waals surface area contributed by atoms with Crippen molar-refractivity contribution in [3.05, 3.63) is 53.5 Å². The number of aromatic nitrogens is 3. The van der Waals surface area contributed by atoms with Gasteiger partial charge in [-0.25, -0.2) is 0 Å². The van der Waals surface area contributed by atoms with Crippen LogP contribution in [0.2, 0.25) is 0 Å². The Labute approximate surface area is 155 Å². The molecule has 2 amide bonds. The first-order valence-electron chi connectivity index (χ1n) is 8.86. The van der Waals surface area contributed by atoms with Gasteiger partial charge in [0.25, 0.3) is 11.8 Å². The van der Waals surface area contributed by atoms with Crippen molar-refractivity contribution in [3.63, 3.8) is 0 Å². The highest BCUT2D eigenvalue weighted by atomic mass is 16.5. The van der Waals surface area contributed by atoms with Crippen LogP contribution in [0.1, 0.15) is 26.5 Å². The van der Waals surface area contributed by atoms with Crippen LogP contribution < -0.4 is 10.6 Å². The van der Waals surface area contributed by atoms with Crippen LogP contribution in [0.25, 0.3) is 10.9 Å². The van der Waals surface area contributed by atoms with Crippen molar-refractivity contribution in [2.24, 2.45) is 0 Å². The van der Waals surface area contributed by atoms with E-state index in [9.17, 15) is 9.59 Å². The lowest BCUT2D eigenvalue weighted by Crippen LogP contribution is -2.36. The molecule has 0 spiro atoms. The van der Waals surface area contributed by atoms with E-state index >= 15 is 0 Å². The zero-order chi connectivity index (χ0) is 18.8. The average Bonchev–Trinajstić information content (AvgIpc) is 3.35. The monoisotopic (exact) mass is 367 g/mol. The Morgan fingerprint density at radius 3 is 3.00 bits per heavy atom. The molecule has 2 aromatic heterocycles. The quantitative estimate of drug-likeness (QED) is 0.568. The smallest absolute Gasteiger partial charge is 0.271 e. The summed E-state index contributed by atoms with van der Waals surface area (Å²) in [6.07, 6.45) is 2.50. The molecule has 1 aliphatic heterocycles. The molecule has 1 aliphatic rings. The molecule has 0 saturated carbocycles. The van der Waals surface area contributed by atoms with Crippen LogP contribution in [0, 0.1) is 0 Å². The van der Waals surface area contributed by atoms with E-state index in [4.69, 9.17) is 4.74 Å². The molecule has 0 unspecified atom stereocenters. The average molecular weight is 367 g/mol. The molecule has 3 aromatic rings. The standard InChI is InChI=1S/C19H21N5O3/c1-27-7-6-21-19(26)17-10-15-9-14(11-24(15)23-17)22-18(25)13-3-2-12-4-5-20-16(12)8-13/h2-5,8,10,14,20H,6-7,9,11H2,1H3,(H,21,26)(H,22,25)/t14-/m0/s1. The zero-order valence-corrected chi connectivity index (χ0v) is 15.0. The van der Waals surface area contributed by atoms with Gasteiger partial charge in [-0.1, -0.05) is 6.07 Å². The lowest BCUT2D eigenvalue weighted by molar-refractivity contribution is 0.0921. The van der Waals surface area contributed by atoms with Gasteiger partial charge in [0, 0.05) is 43.0 Å². The van der Waals surface area contributed by atoms with E-state index in [1.807, 2.05) is 30.5 Å². The van der Waals surface area contributed by atoms with Gasteiger partial charge in [-0.2, -0.15) is 5.10 Å². The summed E-state index contributed by atoms with van der Waals surface area (Å²) < 4.78 is 6.70. The molecule has 3 heterocycles. The largest absolute Gasteiger partial charge is 0.383 e. The van der Waals surface area contributed by atoms with Crippen LogP contribution in [0.15, 0.2) is 36.5 Å². The number of benzene rings is 1. The summed E-state index contributed by atoms with van der Waals surface area (Å²) in [6, 6.07) is 9.30. The predicted molar refractivity (Wildman–Crippen MR) is 99.7 cm³/mol. The molecule has 1 aromatic carbocycles. The van der Waals surface area contributed by atoms with E-state index in [1.54, 1.807) is 17.9 Å². The Morgan fingerprint density at radius 1 is 1.30 bits per heavy atom. The number of hydrogen-bond donors (Lipinski definition) is 3. The van der Waals surface area contributed by atoms with E-state index in [0.717, 1.165) is 16.6 Å². The number of carbonyl (C=O) groups is 2. The van der Waals surface area contributed by atoms with Crippen molar-refractivity contribution in [3.8, 4) is 0 Å². The molecule has 0 radical (unpaired) electrons. The van der Waals surface area contributed by atoms with Crippen LogP contribution in [-0.2, 0) is 17.7 Å². The van der Waals surface area contributed by atoms with Gasteiger partial charge in [0.2, 0.25) is 0 Å². The molecule has 4 rings (SSSR count). The fraction of sp³-hybridized carbons (Fsp3) is 0.316. The van der Waals surface area contributed by atoms with Gasteiger partial charge in [0.15, 0.2) is 0 Å². The molecule has 8 heteroatoms. The maximum Gasteiger partial charge on any atom is 0.271 e. The summed E-state index contributed by atoms with van der Waals surface area (Å²) in [6.45, 7) is 1.46. The third-order valence-electron chi connectivity index (χ3n) is 4.69. The van der Waals surface area contributed by atoms with E-state index in [2.05, 4.69) is 20.7 Å². The number of nitrogens with one attached hydrogen (secondary N) is 3. The number of ether oxygens (including phenoxy) is 1. The zero-order valence-electron chi connectivity index (χ0n) is 15.0. The number of rotatable bonds is 6. The first-order chi connectivity index (χ1) is 13.1. The normalized spacial score (nSPS) is 15.7. The molecule has 0 bridgehead atoms. The van der Waals surface area contributed by atoms with Gasteiger partial charge in [0.05, 0.1) is 19.2 Å². The Kier molecular flexibility index (Phi) is 4.64. The highest BCUT2D eigenvalue weighted by Crippen LogP contribution is 2.18. The van der Waals surface area contributed by atoms with Crippen LogP contribution in [-0.4, -0.2) is 52.9 Å². The minimum Gasteiger partial charge on any atom is -0.383 e. The van der Waals surface area contributed by atoms with Gasteiger partial charge in [-0.15, -0.1) is 0 Å². The maximum atomic E-state index is 12.5. The maximum absolute atomic E-state index is 12.5. The third-order valence-corrected chi connectivity index (χ3v) is 4.69. The van der Waals surface area contributed by atoms with Gasteiger partial charge in [0.1, 0.15) is 5.69 Å². The number of amides is 2. The van der Waals surface area contributed by atoms with Crippen LogP contribution in [0.5, 0.6) is 0 Å². The summed E-state index contributed by atoms with van der Waals surface area (Å²) >= 11 is 0. The van der Waals surface area contributed by atoms with Crippen LogP contribution in [0.3, 0.4) is 0 Å². The Hall–Kier alpha value is -3.13. The molecular formula is C19H21N5O3. The van der Waals surface area contributed by atoms with Crippen molar-refractivity contribution in [2.45, 2.75) is 19.0 Å². The SMILES string of the molecule is COCCNC(=O)c1cc2n(n1)C[C@@H](NC(=O)c1ccc3cc[nH]c3c1)C2. The summed E-state index contributed by atoms with van der Waals surface area (Å²) in [4.78, 5) is 27.7. The second-order valence-electron chi connectivity index (χ2n) is 6.61. The van der Waals surface area contributed by atoms with Crippen molar-refractivity contribution >= 4 is 22.7 Å². The Bertz CT molecular complexity index is 967. The number of fused-ring (bicyclic) bond motifs is 2. The van der Waals surface area contributed by atoms with Crippen LogP contribution >= 0.6 is 0 Å². The molecule has 27 heavy (non-hydrogen) atoms. The molecule has 0 fully saturated rings. The summed E-state index contributed by atoms with van der Waals surface area (Å²) in [5.41, 5.74) is 2.89. The number of methoxy groups -OCH3 is 1. The van der Waals surface area contributed by atoms with Gasteiger partial charge in [-0.05, 0) is 29.7 Å². The highest BCUT2D eigenvalue weighted by molar-refractivity contribution is 5.98. The molecule has 0 saturated heterocycles. The molecule has 8 nitrogen and oxygen atoms in total. The van der Waals surface area contributed by atoms with E-state index in [-0.39, 0.29) is 17.9 Å². The fourth-order valence-electron chi connectivity index (χ4n) is 3.33. The molecule has 140 valence electrons. The second kappa shape index (κ2) is 7.24. The van der Waals surface area contributed by atoms with Crippen molar-refractivity contribution in [1.29, 1.82) is 0 Å². The number of nitrogens with zero attached hydrogens (tertiary/aromatic N) is 2. The lowest BCUT2D eigenvalue weighted by atomic mass is 10.1. The second-order valence-corrected chi connectivity index (χ2v) is 6.61. The van der Waals surface area contributed by atoms with E-state index in [1.165, 1.54) is 0 Å².